The van der Waals surface area contributed by atoms with Crippen LogP contribution in [0.15, 0.2) is 41.5 Å². The minimum Gasteiger partial charge on any atom is -0.454 e. The van der Waals surface area contributed by atoms with Crippen molar-refractivity contribution in [1.29, 1.82) is 0 Å². The van der Waals surface area contributed by atoms with Crippen molar-refractivity contribution >= 4 is 5.78 Å². The summed E-state index contributed by atoms with van der Waals surface area (Å²) in [5.74, 6) is -1.80. The number of ether oxygens (including phenoxy) is 1. The maximum Gasteiger partial charge on any atom is 0.276 e. The highest BCUT2D eigenvalue weighted by Crippen LogP contribution is 2.58. The molecular formula is C19H20O4. The van der Waals surface area contributed by atoms with Gasteiger partial charge in [0.1, 0.15) is 5.75 Å². The van der Waals surface area contributed by atoms with Gasteiger partial charge in [0.15, 0.2) is 0 Å². The first-order chi connectivity index (χ1) is 10.9. The van der Waals surface area contributed by atoms with Crippen LogP contribution in [0.5, 0.6) is 5.75 Å². The molecular weight excluding hydrogens is 292 g/mol. The number of rotatable bonds is 2. The molecule has 0 bridgehead atoms. The average Bonchev–Trinajstić information content (AvgIpc) is 2.91. The van der Waals surface area contributed by atoms with E-state index in [1.165, 1.54) is 0 Å². The van der Waals surface area contributed by atoms with Crippen molar-refractivity contribution in [3.8, 4) is 5.75 Å². The molecule has 0 aromatic heterocycles. The van der Waals surface area contributed by atoms with Crippen LogP contribution < -0.4 is 4.74 Å². The maximum atomic E-state index is 12.9. The van der Waals surface area contributed by atoms with Gasteiger partial charge in [0, 0.05) is 16.7 Å². The summed E-state index contributed by atoms with van der Waals surface area (Å²) in [7, 11) is 0. The third-order valence-electron chi connectivity index (χ3n) is 5.41. The van der Waals surface area contributed by atoms with E-state index in [1.54, 1.807) is 24.3 Å². The minimum absolute atomic E-state index is 0.301. The van der Waals surface area contributed by atoms with Gasteiger partial charge in [-0.05, 0) is 42.9 Å². The number of hydrogen-bond donors (Lipinski definition) is 2. The zero-order valence-corrected chi connectivity index (χ0v) is 13.3. The number of aliphatic hydroxyl groups is 2. The van der Waals surface area contributed by atoms with Crippen LogP contribution in [0.1, 0.15) is 50.2 Å². The molecule has 1 fully saturated rings. The lowest BCUT2D eigenvalue weighted by Crippen LogP contribution is -2.51. The zero-order valence-electron chi connectivity index (χ0n) is 13.3. The molecule has 3 atom stereocenters. The van der Waals surface area contributed by atoms with Crippen LogP contribution in [-0.4, -0.2) is 21.8 Å². The number of carbonyl (C=O) groups excluding carboxylic acids is 1. The fourth-order valence-corrected chi connectivity index (χ4v) is 3.81. The predicted octanol–water partition coefficient (Wildman–Crippen LogP) is 2.70. The molecule has 1 heterocycles. The lowest BCUT2D eigenvalue weighted by Gasteiger charge is -2.29. The first-order valence-electron chi connectivity index (χ1n) is 8.17. The fraction of sp³-hybridized carbons (Fsp3) is 0.421. The molecule has 23 heavy (non-hydrogen) atoms. The summed E-state index contributed by atoms with van der Waals surface area (Å²) in [5, 5.41) is 22.3. The molecule has 4 heteroatoms. The standard InChI is InChI=1S/C19H20O4/c1-3-11(2)12-8-9-16-15(10-12)18(21)17(20)13-6-4-5-7-14(13)19(18,22)23-16/h6-11,21-22H,3-5H2,1-2H3. The Hall–Kier alpha value is -1.91. The molecule has 1 aromatic carbocycles. The Morgan fingerprint density at radius 2 is 2.00 bits per heavy atom. The molecule has 3 aliphatic rings. The first-order valence-corrected chi connectivity index (χ1v) is 8.17. The van der Waals surface area contributed by atoms with E-state index in [4.69, 9.17) is 4.74 Å². The van der Waals surface area contributed by atoms with Crippen molar-refractivity contribution in [2.75, 3.05) is 0 Å². The normalized spacial score (nSPS) is 32.4. The quantitative estimate of drug-likeness (QED) is 0.881. The molecule has 120 valence electrons. The van der Waals surface area contributed by atoms with E-state index in [9.17, 15) is 15.0 Å². The Balaban J connectivity index is 1.93. The van der Waals surface area contributed by atoms with Gasteiger partial charge in [0.25, 0.3) is 5.79 Å². The summed E-state index contributed by atoms with van der Waals surface area (Å²) in [6.07, 6.45) is 5.99. The molecule has 1 saturated carbocycles. The van der Waals surface area contributed by atoms with E-state index in [2.05, 4.69) is 13.8 Å². The van der Waals surface area contributed by atoms with Crippen LogP contribution >= 0.6 is 0 Å². The Kier molecular flexibility index (Phi) is 2.91. The van der Waals surface area contributed by atoms with Gasteiger partial charge in [0.2, 0.25) is 11.4 Å². The number of Topliss-reactive ketones (excluding diaryl/α,β-unsaturated/α-hetero) is 1. The van der Waals surface area contributed by atoms with E-state index in [0.717, 1.165) is 24.8 Å². The van der Waals surface area contributed by atoms with Gasteiger partial charge < -0.3 is 14.9 Å². The monoisotopic (exact) mass is 312 g/mol. The molecule has 0 saturated heterocycles. The molecule has 3 unspecified atom stereocenters. The lowest BCUT2D eigenvalue weighted by molar-refractivity contribution is -0.202. The Bertz CT molecular complexity index is 776. The SMILES string of the molecule is CCC(C)c1ccc2c(c1)C1(O)C(=O)C3=CCCC=C3C1(O)O2. The van der Waals surface area contributed by atoms with E-state index in [0.29, 0.717) is 28.4 Å². The van der Waals surface area contributed by atoms with E-state index >= 15 is 0 Å². The summed E-state index contributed by atoms with van der Waals surface area (Å²) in [4.78, 5) is 12.9. The maximum absolute atomic E-state index is 12.9. The Morgan fingerprint density at radius 1 is 1.26 bits per heavy atom. The number of benzene rings is 1. The Labute approximate surface area is 135 Å². The van der Waals surface area contributed by atoms with Gasteiger partial charge in [0.05, 0.1) is 0 Å². The van der Waals surface area contributed by atoms with Gasteiger partial charge >= 0.3 is 0 Å². The molecule has 0 spiro atoms. The molecule has 4 nitrogen and oxygen atoms in total. The second-order valence-corrected chi connectivity index (χ2v) is 6.66. The van der Waals surface area contributed by atoms with Crippen molar-refractivity contribution < 1.29 is 19.7 Å². The summed E-state index contributed by atoms with van der Waals surface area (Å²) in [5.41, 5.74) is 0.143. The highest BCUT2D eigenvalue weighted by atomic mass is 16.7. The van der Waals surface area contributed by atoms with E-state index in [-0.39, 0.29) is 0 Å². The van der Waals surface area contributed by atoms with Crippen molar-refractivity contribution in [3.63, 3.8) is 0 Å². The van der Waals surface area contributed by atoms with Crippen molar-refractivity contribution in [2.24, 2.45) is 0 Å². The highest BCUT2D eigenvalue weighted by molar-refractivity contribution is 6.12. The molecule has 1 aliphatic heterocycles. The van der Waals surface area contributed by atoms with Gasteiger partial charge in [-0.1, -0.05) is 32.1 Å². The van der Waals surface area contributed by atoms with Crippen molar-refractivity contribution in [1.82, 2.24) is 0 Å². The second-order valence-electron chi connectivity index (χ2n) is 6.66. The van der Waals surface area contributed by atoms with Gasteiger partial charge in [-0.15, -0.1) is 0 Å². The van der Waals surface area contributed by atoms with Gasteiger partial charge in [-0.3, -0.25) is 4.79 Å². The molecule has 1 aromatic rings. The predicted molar refractivity (Wildman–Crippen MR) is 85.0 cm³/mol. The van der Waals surface area contributed by atoms with Crippen LogP contribution in [0.4, 0.5) is 0 Å². The van der Waals surface area contributed by atoms with Crippen molar-refractivity contribution in [2.45, 2.75) is 50.4 Å². The highest BCUT2D eigenvalue weighted by Gasteiger charge is 2.72. The van der Waals surface area contributed by atoms with Crippen molar-refractivity contribution in [3.05, 3.63) is 52.6 Å². The third-order valence-corrected chi connectivity index (χ3v) is 5.41. The number of carbonyl (C=O) groups is 1. The third kappa shape index (κ3) is 1.60. The minimum atomic E-state index is -2.05. The van der Waals surface area contributed by atoms with Crippen LogP contribution in [0.25, 0.3) is 0 Å². The van der Waals surface area contributed by atoms with Gasteiger partial charge in [-0.25, -0.2) is 0 Å². The second kappa shape index (κ2) is 4.56. The Morgan fingerprint density at radius 3 is 2.74 bits per heavy atom. The van der Waals surface area contributed by atoms with E-state index < -0.39 is 17.2 Å². The molecule has 2 aliphatic carbocycles. The van der Waals surface area contributed by atoms with Crippen LogP contribution in [-0.2, 0) is 10.4 Å². The average molecular weight is 312 g/mol. The lowest BCUT2D eigenvalue weighted by atomic mass is 9.85. The van der Waals surface area contributed by atoms with E-state index in [1.807, 2.05) is 6.07 Å². The number of hydrogen-bond acceptors (Lipinski definition) is 4. The summed E-state index contributed by atoms with van der Waals surface area (Å²) in [6.45, 7) is 4.18. The topological polar surface area (TPSA) is 66.8 Å². The number of fused-ring (bicyclic) bond motifs is 5. The summed E-state index contributed by atoms with van der Waals surface area (Å²) < 4.78 is 5.71. The van der Waals surface area contributed by atoms with Gasteiger partial charge in [-0.2, -0.15) is 0 Å². The zero-order chi connectivity index (χ0) is 16.4. The summed E-state index contributed by atoms with van der Waals surface area (Å²) in [6, 6.07) is 5.47. The summed E-state index contributed by atoms with van der Waals surface area (Å²) >= 11 is 0. The largest absolute Gasteiger partial charge is 0.454 e. The first kappa shape index (κ1) is 14.7. The molecule has 0 amide bonds. The molecule has 4 rings (SSSR count). The van der Waals surface area contributed by atoms with Crippen LogP contribution in [0.3, 0.4) is 0 Å². The van der Waals surface area contributed by atoms with Crippen LogP contribution in [0.2, 0.25) is 0 Å². The number of ketones is 1. The number of allylic oxidation sites excluding steroid dienone is 2. The molecule has 2 N–H and O–H groups in total. The smallest absolute Gasteiger partial charge is 0.276 e. The van der Waals surface area contributed by atoms with Crippen LogP contribution in [0, 0.1) is 0 Å². The molecule has 0 radical (unpaired) electrons. The fourth-order valence-electron chi connectivity index (χ4n) is 3.81.